The van der Waals surface area contributed by atoms with E-state index in [1.54, 1.807) is 0 Å². The Bertz CT molecular complexity index is 183. The van der Waals surface area contributed by atoms with Crippen LogP contribution in [0.2, 0.25) is 0 Å². The molecular formula is C11H22N2O2. The molecule has 2 saturated heterocycles. The number of ether oxygens (including phenoxy) is 2. The molecule has 0 aromatic rings. The van der Waals surface area contributed by atoms with Gasteiger partial charge in [-0.2, -0.15) is 0 Å². The zero-order valence-corrected chi connectivity index (χ0v) is 9.58. The summed E-state index contributed by atoms with van der Waals surface area (Å²) in [7, 11) is 1.98. The van der Waals surface area contributed by atoms with E-state index < -0.39 is 0 Å². The summed E-state index contributed by atoms with van der Waals surface area (Å²) in [6, 6.07) is 0. The van der Waals surface area contributed by atoms with E-state index in [-0.39, 0.29) is 0 Å². The van der Waals surface area contributed by atoms with Gasteiger partial charge in [0.1, 0.15) is 0 Å². The first-order valence-electron chi connectivity index (χ1n) is 5.98. The number of hydrogen-bond acceptors (Lipinski definition) is 4. The Balaban J connectivity index is 1.67. The minimum Gasteiger partial charge on any atom is -0.379 e. The highest BCUT2D eigenvalue weighted by Crippen LogP contribution is 2.20. The largest absolute Gasteiger partial charge is 0.379 e. The molecule has 0 aromatic heterocycles. The second-order valence-electron chi connectivity index (χ2n) is 4.43. The van der Waals surface area contributed by atoms with Crippen molar-refractivity contribution in [2.75, 3.05) is 46.4 Å². The molecule has 2 heterocycles. The molecule has 15 heavy (non-hydrogen) atoms. The zero-order chi connectivity index (χ0) is 10.5. The van der Waals surface area contributed by atoms with E-state index >= 15 is 0 Å². The molecule has 0 aromatic carbocycles. The Labute approximate surface area is 91.9 Å². The summed E-state index contributed by atoms with van der Waals surface area (Å²) < 4.78 is 11.3. The molecule has 2 fully saturated rings. The van der Waals surface area contributed by atoms with Crippen molar-refractivity contribution in [3.63, 3.8) is 0 Å². The van der Waals surface area contributed by atoms with Gasteiger partial charge >= 0.3 is 0 Å². The standard InChI is InChI=1S/C11H22N2O2/c1-12-8-10-2-3-11(15-10)9-13-4-6-14-7-5-13/h10-12H,2-9H2,1H3. The van der Waals surface area contributed by atoms with Crippen molar-refractivity contribution in [1.82, 2.24) is 10.2 Å². The van der Waals surface area contributed by atoms with Crippen molar-refractivity contribution in [3.05, 3.63) is 0 Å². The van der Waals surface area contributed by atoms with E-state index in [1.165, 1.54) is 12.8 Å². The van der Waals surface area contributed by atoms with E-state index in [2.05, 4.69) is 10.2 Å². The first-order valence-corrected chi connectivity index (χ1v) is 5.98. The fourth-order valence-corrected chi connectivity index (χ4v) is 2.36. The lowest BCUT2D eigenvalue weighted by Gasteiger charge is -2.28. The van der Waals surface area contributed by atoms with Crippen LogP contribution in [0.5, 0.6) is 0 Å². The minimum atomic E-state index is 0.432. The van der Waals surface area contributed by atoms with Gasteiger partial charge in [0.15, 0.2) is 0 Å². The maximum atomic E-state index is 5.96. The van der Waals surface area contributed by atoms with Crippen molar-refractivity contribution in [2.24, 2.45) is 0 Å². The molecule has 1 N–H and O–H groups in total. The normalized spacial score (nSPS) is 33.4. The molecule has 2 atom stereocenters. The van der Waals surface area contributed by atoms with Crippen LogP contribution in [0.25, 0.3) is 0 Å². The fourth-order valence-electron chi connectivity index (χ4n) is 2.36. The monoisotopic (exact) mass is 214 g/mol. The molecule has 2 unspecified atom stereocenters. The average molecular weight is 214 g/mol. The molecule has 2 rings (SSSR count). The third-order valence-electron chi connectivity index (χ3n) is 3.19. The first-order chi connectivity index (χ1) is 7.38. The Morgan fingerprint density at radius 1 is 1.20 bits per heavy atom. The zero-order valence-electron chi connectivity index (χ0n) is 9.58. The van der Waals surface area contributed by atoms with Gasteiger partial charge in [0.25, 0.3) is 0 Å². The summed E-state index contributed by atoms with van der Waals surface area (Å²) in [5.74, 6) is 0. The molecular weight excluding hydrogens is 192 g/mol. The highest BCUT2D eigenvalue weighted by atomic mass is 16.5. The predicted molar refractivity (Wildman–Crippen MR) is 59.1 cm³/mol. The second kappa shape index (κ2) is 5.80. The molecule has 4 nitrogen and oxygen atoms in total. The van der Waals surface area contributed by atoms with E-state index in [1.807, 2.05) is 7.05 Å². The van der Waals surface area contributed by atoms with Crippen LogP contribution < -0.4 is 5.32 Å². The summed E-state index contributed by atoms with van der Waals surface area (Å²) in [4.78, 5) is 2.45. The van der Waals surface area contributed by atoms with Crippen molar-refractivity contribution in [3.8, 4) is 0 Å². The number of nitrogens with one attached hydrogen (secondary N) is 1. The van der Waals surface area contributed by atoms with Crippen molar-refractivity contribution in [1.29, 1.82) is 0 Å². The molecule has 0 bridgehead atoms. The van der Waals surface area contributed by atoms with Crippen LogP contribution in [-0.2, 0) is 9.47 Å². The van der Waals surface area contributed by atoms with Gasteiger partial charge in [-0.15, -0.1) is 0 Å². The topological polar surface area (TPSA) is 33.7 Å². The van der Waals surface area contributed by atoms with E-state index in [4.69, 9.17) is 9.47 Å². The molecule has 0 radical (unpaired) electrons. The van der Waals surface area contributed by atoms with Gasteiger partial charge in [0.2, 0.25) is 0 Å². The summed E-state index contributed by atoms with van der Waals surface area (Å²) in [6.45, 7) is 5.97. The molecule has 0 amide bonds. The predicted octanol–water partition coefficient (Wildman–Crippen LogP) is 0.0856. The highest BCUT2D eigenvalue weighted by molar-refractivity contribution is 4.78. The molecule has 0 saturated carbocycles. The van der Waals surface area contributed by atoms with Crippen molar-refractivity contribution >= 4 is 0 Å². The summed E-state index contributed by atoms with van der Waals surface area (Å²) in [6.07, 6.45) is 3.29. The van der Waals surface area contributed by atoms with E-state index in [0.29, 0.717) is 12.2 Å². The summed E-state index contributed by atoms with van der Waals surface area (Å²) >= 11 is 0. The van der Waals surface area contributed by atoms with E-state index in [9.17, 15) is 0 Å². The van der Waals surface area contributed by atoms with Crippen LogP contribution in [0.3, 0.4) is 0 Å². The van der Waals surface area contributed by atoms with Gasteiger partial charge in [-0.3, -0.25) is 4.90 Å². The average Bonchev–Trinajstić information content (AvgIpc) is 2.68. The Kier molecular flexibility index (Phi) is 4.38. The molecule has 2 aliphatic rings. The minimum absolute atomic E-state index is 0.432. The van der Waals surface area contributed by atoms with Crippen LogP contribution in [0.15, 0.2) is 0 Å². The van der Waals surface area contributed by atoms with Gasteiger partial charge in [-0.1, -0.05) is 0 Å². The molecule has 88 valence electrons. The van der Waals surface area contributed by atoms with Gasteiger partial charge in [0.05, 0.1) is 25.4 Å². The maximum Gasteiger partial charge on any atom is 0.0707 e. The lowest BCUT2D eigenvalue weighted by Crippen LogP contribution is -2.41. The van der Waals surface area contributed by atoms with Gasteiger partial charge in [-0.05, 0) is 19.9 Å². The molecule has 4 heteroatoms. The van der Waals surface area contributed by atoms with E-state index in [0.717, 1.165) is 39.4 Å². The molecule has 0 spiro atoms. The van der Waals surface area contributed by atoms with Gasteiger partial charge in [0, 0.05) is 26.2 Å². The third kappa shape index (κ3) is 3.41. The van der Waals surface area contributed by atoms with Crippen LogP contribution in [0.1, 0.15) is 12.8 Å². The van der Waals surface area contributed by atoms with Crippen molar-refractivity contribution in [2.45, 2.75) is 25.0 Å². The highest BCUT2D eigenvalue weighted by Gasteiger charge is 2.26. The number of morpholine rings is 1. The fraction of sp³-hybridized carbons (Fsp3) is 1.00. The maximum absolute atomic E-state index is 5.96. The Morgan fingerprint density at radius 3 is 2.67 bits per heavy atom. The third-order valence-corrected chi connectivity index (χ3v) is 3.19. The van der Waals surface area contributed by atoms with Crippen molar-refractivity contribution < 1.29 is 9.47 Å². The molecule has 2 aliphatic heterocycles. The van der Waals surface area contributed by atoms with Gasteiger partial charge < -0.3 is 14.8 Å². The first kappa shape index (κ1) is 11.3. The lowest BCUT2D eigenvalue weighted by molar-refractivity contribution is -0.0103. The second-order valence-corrected chi connectivity index (χ2v) is 4.43. The molecule has 0 aliphatic carbocycles. The SMILES string of the molecule is CNCC1CCC(CN2CCOCC2)O1. The summed E-state index contributed by atoms with van der Waals surface area (Å²) in [5.41, 5.74) is 0. The van der Waals surface area contributed by atoms with Crippen LogP contribution in [0.4, 0.5) is 0 Å². The van der Waals surface area contributed by atoms with Gasteiger partial charge in [-0.25, -0.2) is 0 Å². The smallest absolute Gasteiger partial charge is 0.0707 e. The number of hydrogen-bond donors (Lipinski definition) is 1. The van der Waals surface area contributed by atoms with Crippen LogP contribution >= 0.6 is 0 Å². The van der Waals surface area contributed by atoms with Crippen LogP contribution in [-0.4, -0.2) is 63.5 Å². The quantitative estimate of drug-likeness (QED) is 0.719. The number of likely N-dealkylation sites (N-methyl/N-ethyl adjacent to an activating group) is 1. The number of nitrogens with zero attached hydrogens (tertiary/aromatic N) is 1. The summed E-state index contributed by atoms with van der Waals surface area (Å²) in [5, 5.41) is 3.18. The number of rotatable bonds is 4. The Morgan fingerprint density at radius 2 is 1.93 bits per heavy atom. The van der Waals surface area contributed by atoms with Crippen LogP contribution in [0, 0.1) is 0 Å². The Hall–Kier alpha value is -0.160. The lowest BCUT2D eigenvalue weighted by atomic mass is 10.2.